The van der Waals surface area contributed by atoms with Gasteiger partial charge in [-0.15, -0.1) is 0 Å². The van der Waals surface area contributed by atoms with Crippen molar-refractivity contribution in [2.24, 2.45) is 17.6 Å². The van der Waals surface area contributed by atoms with Gasteiger partial charge in [0.25, 0.3) is 5.91 Å². The molecular formula is C20H34N4O. The zero-order chi connectivity index (χ0) is 18.4. The molecule has 2 bridgehead atoms. The van der Waals surface area contributed by atoms with Gasteiger partial charge in [0.1, 0.15) is 5.69 Å². The second-order valence-electron chi connectivity index (χ2n) is 9.37. The zero-order valence-corrected chi connectivity index (χ0v) is 16.4. The maximum Gasteiger partial charge on any atom is 0.272 e. The largest absolute Gasteiger partial charge is 0.347 e. The fourth-order valence-corrected chi connectivity index (χ4v) is 4.71. The summed E-state index contributed by atoms with van der Waals surface area (Å²) in [4.78, 5) is 12.9. The SMILES string of the molecule is CC(C)c1cc(C(=O)NC2C3CCCC2CC(N)C3)nn1C(C)(C)C. The van der Waals surface area contributed by atoms with Gasteiger partial charge in [-0.3, -0.25) is 9.48 Å². The fourth-order valence-electron chi connectivity index (χ4n) is 4.71. The van der Waals surface area contributed by atoms with Gasteiger partial charge >= 0.3 is 0 Å². The molecule has 1 aromatic rings. The molecule has 2 unspecified atom stereocenters. The lowest BCUT2D eigenvalue weighted by molar-refractivity contribution is 0.0750. The molecule has 2 atom stereocenters. The van der Waals surface area contributed by atoms with Gasteiger partial charge in [0.2, 0.25) is 0 Å². The number of nitrogens with one attached hydrogen (secondary N) is 1. The number of nitrogens with two attached hydrogens (primary N) is 1. The maximum atomic E-state index is 12.9. The van der Waals surface area contributed by atoms with Crippen molar-refractivity contribution in [3.8, 4) is 0 Å². The van der Waals surface area contributed by atoms with Crippen molar-refractivity contribution in [3.05, 3.63) is 17.5 Å². The van der Waals surface area contributed by atoms with Gasteiger partial charge in [-0.2, -0.15) is 5.10 Å². The Labute approximate surface area is 151 Å². The molecule has 2 fully saturated rings. The van der Waals surface area contributed by atoms with Crippen molar-refractivity contribution >= 4 is 5.91 Å². The highest BCUT2D eigenvalue weighted by molar-refractivity contribution is 5.92. The summed E-state index contributed by atoms with van der Waals surface area (Å²) < 4.78 is 2.00. The first kappa shape index (κ1) is 18.4. The highest BCUT2D eigenvalue weighted by Gasteiger charge is 2.40. The normalized spacial score (nSPS) is 29.7. The molecule has 2 aliphatic carbocycles. The molecule has 0 spiro atoms. The molecular weight excluding hydrogens is 312 g/mol. The van der Waals surface area contributed by atoms with E-state index >= 15 is 0 Å². The monoisotopic (exact) mass is 346 g/mol. The van der Waals surface area contributed by atoms with Crippen LogP contribution in [0.25, 0.3) is 0 Å². The van der Waals surface area contributed by atoms with Crippen LogP contribution in [0.15, 0.2) is 6.07 Å². The summed E-state index contributed by atoms with van der Waals surface area (Å²) in [6, 6.07) is 2.54. The first-order valence-corrected chi connectivity index (χ1v) is 9.83. The Kier molecular flexibility index (Phi) is 4.97. The molecule has 3 N–H and O–H groups in total. The lowest BCUT2D eigenvalue weighted by Gasteiger charge is -2.45. The van der Waals surface area contributed by atoms with E-state index in [0.717, 1.165) is 18.5 Å². The average Bonchev–Trinajstić information content (AvgIpc) is 2.94. The standard InChI is InChI=1S/C20H34N4O/c1-12(2)17-11-16(23-24(17)20(3,4)5)19(25)22-18-13-7-6-8-14(18)10-15(21)9-13/h11-15,18H,6-10,21H2,1-5H3,(H,22,25). The van der Waals surface area contributed by atoms with Crippen LogP contribution >= 0.6 is 0 Å². The Hall–Kier alpha value is -1.36. The molecule has 1 amide bonds. The lowest BCUT2D eigenvalue weighted by atomic mass is 9.67. The van der Waals surface area contributed by atoms with E-state index in [1.165, 1.54) is 19.3 Å². The van der Waals surface area contributed by atoms with E-state index in [-0.39, 0.29) is 17.5 Å². The molecule has 1 heterocycles. The van der Waals surface area contributed by atoms with Gasteiger partial charge < -0.3 is 11.1 Å². The number of rotatable bonds is 3. The van der Waals surface area contributed by atoms with Crippen LogP contribution in [0.3, 0.4) is 0 Å². The van der Waals surface area contributed by atoms with Crippen LogP contribution in [-0.4, -0.2) is 27.8 Å². The number of hydrogen-bond acceptors (Lipinski definition) is 3. The lowest BCUT2D eigenvalue weighted by Crippen LogP contribution is -2.53. The van der Waals surface area contributed by atoms with Crippen molar-refractivity contribution in [2.45, 2.75) is 90.3 Å². The molecule has 1 aromatic heterocycles. The van der Waals surface area contributed by atoms with E-state index in [9.17, 15) is 4.79 Å². The van der Waals surface area contributed by atoms with Crippen molar-refractivity contribution < 1.29 is 4.79 Å². The fraction of sp³-hybridized carbons (Fsp3) is 0.800. The molecule has 140 valence electrons. The Bertz CT molecular complexity index is 614. The molecule has 0 aromatic carbocycles. The smallest absolute Gasteiger partial charge is 0.272 e. The van der Waals surface area contributed by atoms with Crippen molar-refractivity contribution in [2.75, 3.05) is 0 Å². The first-order chi connectivity index (χ1) is 11.7. The molecule has 0 saturated heterocycles. The van der Waals surface area contributed by atoms with Crippen LogP contribution in [0.2, 0.25) is 0 Å². The maximum absolute atomic E-state index is 12.9. The molecule has 25 heavy (non-hydrogen) atoms. The summed E-state index contributed by atoms with van der Waals surface area (Å²) in [6.45, 7) is 10.7. The van der Waals surface area contributed by atoms with E-state index in [0.29, 0.717) is 29.5 Å². The summed E-state index contributed by atoms with van der Waals surface area (Å²) in [7, 11) is 0. The Morgan fingerprint density at radius 3 is 2.36 bits per heavy atom. The average molecular weight is 347 g/mol. The summed E-state index contributed by atoms with van der Waals surface area (Å²) in [5, 5.41) is 7.98. The molecule has 3 rings (SSSR count). The highest BCUT2D eigenvalue weighted by Crippen LogP contribution is 2.39. The van der Waals surface area contributed by atoms with Crippen LogP contribution in [0, 0.1) is 11.8 Å². The van der Waals surface area contributed by atoms with Crippen molar-refractivity contribution in [1.82, 2.24) is 15.1 Å². The Morgan fingerprint density at radius 2 is 1.88 bits per heavy atom. The van der Waals surface area contributed by atoms with Crippen molar-refractivity contribution in [1.29, 1.82) is 0 Å². The Balaban J connectivity index is 1.80. The minimum Gasteiger partial charge on any atom is -0.347 e. The summed E-state index contributed by atoms with van der Waals surface area (Å²) in [5.74, 6) is 1.36. The van der Waals surface area contributed by atoms with E-state index in [2.05, 4.69) is 45.0 Å². The van der Waals surface area contributed by atoms with E-state index in [4.69, 9.17) is 5.73 Å². The first-order valence-electron chi connectivity index (χ1n) is 9.83. The quantitative estimate of drug-likeness (QED) is 0.881. The Morgan fingerprint density at radius 1 is 1.28 bits per heavy atom. The third kappa shape index (κ3) is 3.76. The number of carbonyl (C=O) groups excluding carboxylic acids is 1. The molecule has 2 aliphatic rings. The topological polar surface area (TPSA) is 72.9 Å². The van der Waals surface area contributed by atoms with Gasteiger partial charge in [0.15, 0.2) is 0 Å². The van der Waals surface area contributed by atoms with Gasteiger partial charge in [-0.05, 0) is 70.3 Å². The number of amides is 1. The van der Waals surface area contributed by atoms with Gasteiger partial charge in [0, 0.05) is 17.8 Å². The number of nitrogens with zero attached hydrogens (tertiary/aromatic N) is 2. The zero-order valence-electron chi connectivity index (χ0n) is 16.4. The van der Waals surface area contributed by atoms with Crippen LogP contribution in [0.4, 0.5) is 0 Å². The van der Waals surface area contributed by atoms with Crippen LogP contribution in [0.5, 0.6) is 0 Å². The predicted octanol–water partition coefficient (Wildman–Crippen LogP) is 3.40. The van der Waals surface area contributed by atoms with E-state index < -0.39 is 0 Å². The molecule has 2 saturated carbocycles. The molecule has 5 nitrogen and oxygen atoms in total. The number of hydrogen-bond donors (Lipinski definition) is 2. The van der Waals surface area contributed by atoms with Gasteiger partial charge in [-0.25, -0.2) is 0 Å². The number of carbonyl (C=O) groups is 1. The summed E-state index contributed by atoms with van der Waals surface area (Å²) in [6.07, 6.45) is 5.71. The van der Waals surface area contributed by atoms with Crippen LogP contribution in [-0.2, 0) is 5.54 Å². The number of fused-ring (bicyclic) bond motifs is 2. The minimum absolute atomic E-state index is 0.0257. The summed E-state index contributed by atoms with van der Waals surface area (Å²) >= 11 is 0. The van der Waals surface area contributed by atoms with Crippen molar-refractivity contribution in [3.63, 3.8) is 0 Å². The second kappa shape index (κ2) is 6.75. The third-order valence-corrected chi connectivity index (χ3v) is 5.87. The number of aromatic nitrogens is 2. The molecule has 0 radical (unpaired) electrons. The van der Waals surface area contributed by atoms with Gasteiger partial charge in [0.05, 0.1) is 5.54 Å². The highest BCUT2D eigenvalue weighted by atomic mass is 16.2. The summed E-state index contributed by atoms with van der Waals surface area (Å²) in [5.41, 5.74) is 7.73. The minimum atomic E-state index is -0.133. The van der Waals surface area contributed by atoms with E-state index in [1.54, 1.807) is 0 Å². The molecule has 5 heteroatoms. The van der Waals surface area contributed by atoms with Crippen LogP contribution < -0.4 is 11.1 Å². The van der Waals surface area contributed by atoms with E-state index in [1.807, 2.05) is 10.7 Å². The second-order valence-corrected chi connectivity index (χ2v) is 9.37. The van der Waals surface area contributed by atoms with Crippen LogP contribution in [0.1, 0.15) is 88.8 Å². The predicted molar refractivity (Wildman–Crippen MR) is 101 cm³/mol. The third-order valence-electron chi connectivity index (χ3n) is 5.87. The molecule has 0 aliphatic heterocycles. The van der Waals surface area contributed by atoms with Gasteiger partial charge in [-0.1, -0.05) is 20.3 Å².